The van der Waals surface area contributed by atoms with E-state index in [-0.39, 0.29) is 11.7 Å². The number of carbonyl (C=O) groups is 2. The van der Waals surface area contributed by atoms with E-state index in [4.69, 9.17) is 0 Å². The molecule has 7 heteroatoms. The van der Waals surface area contributed by atoms with Crippen molar-refractivity contribution in [2.24, 2.45) is 0 Å². The first-order valence-electron chi connectivity index (χ1n) is 7.41. The first-order chi connectivity index (χ1) is 11.2. The molecule has 0 bridgehead atoms. The second-order valence-electron chi connectivity index (χ2n) is 4.94. The van der Waals surface area contributed by atoms with Gasteiger partial charge in [0.2, 0.25) is 11.1 Å². The van der Waals surface area contributed by atoms with Crippen molar-refractivity contribution in [2.45, 2.75) is 31.8 Å². The summed E-state index contributed by atoms with van der Waals surface area (Å²) in [7, 11) is 0. The van der Waals surface area contributed by atoms with Gasteiger partial charge in [-0.3, -0.25) is 9.59 Å². The zero-order valence-electron chi connectivity index (χ0n) is 12.9. The minimum absolute atomic E-state index is 0.0167. The van der Waals surface area contributed by atoms with E-state index in [2.05, 4.69) is 10.2 Å². The van der Waals surface area contributed by atoms with Gasteiger partial charge in [0.05, 0.1) is 10.6 Å². The van der Waals surface area contributed by atoms with E-state index in [9.17, 15) is 9.59 Å². The van der Waals surface area contributed by atoms with Gasteiger partial charge in [0.25, 0.3) is 0 Å². The summed E-state index contributed by atoms with van der Waals surface area (Å²) in [5.41, 5.74) is 1.42. The van der Waals surface area contributed by atoms with Crippen molar-refractivity contribution in [3.05, 3.63) is 47.1 Å². The fourth-order valence-electron chi connectivity index (χ4n) is 2.36. The quantitative estimate of drug-likeness (QED) is 0.863. The van der Waals surface area contributed by atoms with Crippen LogP contribution in [0, 0.1) is 0 Å². The molecule has 0 N–H and O–H groups in total. The highest BCUT2D eigenvalue weighted by molar-refractivity contribution is 8.04. The average Bonchev–Trinajstić information content (AvgIpc) is 3.07. The SMILES string of the molecule is CCC(=O)C1=C(c2ccccc2)N(C(=O)CC)n2cnnc2S1. The largest absolute Gasteiger partial charge is 0.294 e. The van der Waals surface area contributed by atoms with Crippen molar-refractivity contribution in [1.29, 1.82) is 0 Å². The number of fused-ring (bicyclic) bond motifs is 1. The standard InChI is InChI=1S/C16H16N4O2S/c1-3-12(21)15-14(11-8-6-5-7-9-11)20(13(22)4-2)19-10-17-18-16(19)23-15/h5-10H,3-4H2,1-2H3. The first kappa shape index (κ1) is 15.5. The minimum Gasteiger partial charge on any atom is -0.294 e. The number of nitrogens with zero attached hydrogens (tertiary/aromatic N) is 4. The Kier molecular flexibility index (Phi) is 4.29. The predicted octanol–water partition coefficient (Wildman–Crippen LogP) is 2.61. The molecule has 1 aromatic heterocycles. The topological polar surface area (TPSA) is 68.1 Å². The molecule has 0 saturated heterocycles. The summed E-state index contributed by atoms with van der Waals surface area (Å²) in [6.07, 6.45) is 2.17. The van der Waals surface area contributed by atoms with E-state index in [1.807, 2.05) is 37.3 Å². The van der Waals surface area contributed by atoms with Crippen LogP contribution in [0.2, 0.25) is 0 Å². The van der Waals surface area contributed by atoms with Gasteiger partial charge in [-0.2, -0.15) is 0 Å². The molecule has 23 heavy (non-hydrogen) atoms. The molecule has 3 rings (SSSR count). The number of carbonyl (C=O) groups excluding carboxylic acids is 2. The summed E-state index contributed by atoms with van der Waals surface area (Å²) in [6, 6.07) is 9.46. The van der Waals surface area contributed by atoms with Crippen LogP contribution in [-0.2, 0) is 9.59 Å². The highest BCUT2D eigenvalue weighted by Gasteiger charge is 2.33. The number of thioether (sulfide) groups is 1. The van der Waals surface area contributed by atoms with E-state index in [1.54, 1.807) is 11.6 Å². The van der Waals surface area contributed by atoms with Crippen LogP contribution in [-0.4, -0.2) is 26.6 Å². The molecule has 1 aromatic carbocycles. The molecule has 2 heterocycles. The summed E-state index contributed by atoms with van der Waals surface area (Å²) in [6.45, 7) is 3.60. The predicted molar refractivity (Wildman–Crippen MR) is 88.1 cm³/mol. The molecule has 2 aromatic rings. The highest BCUT2D eigenvalue weighted by Crippen LogP contribution is 2.39. The van der Waals surface area contributed by atoms with Crippen molar-refractivity contribution in [2.75, 3.05) is 5.01 Å². The van der Waals surface area contributed by atoms with E-state index in [1.165, 1.54) is 23.1 Å². The molecular weight excluding hydrogens is 312 g/mol. The zero-order valence-corrected chi connectivity index (χ0v) is 13.7. The lowest BCUT2D eigenvalue weighted by Gasteiger charge is -2.31. The number of amides is 1. The number of rotatable bonds is 4. The molecule has 1 aliphatic heterocycles. The number of allylic oxidation sites excluding steroid dienone is 1. The van der Waals surface area contributed by atoms with Crippen LogP contribution in [0.5, 0.6) is 0 Å². The lowest BCUT2D eigenvalue weighted by molar-refractivity contribution is -0.119. The van der Waals surface area contributed by atoms with Crippen molar-refractivity contribution < 1.29 is 9.59 Å². The first-order valence-corrected chi connectivity index (χ1v) is 8.23. The third kappa shape index (κ3) is 2.68. The zero-order chi connectivity index (χ0) is 16.4. The fourth-order valence-corrected chi connectivity index (χ4v) is 3.41. The number of ketones is 1. The van der Waals surface area contributed by atoms with Crippen LogP contribution in [0.15, 0.2) is 46.7 Å². The molecule has 0 atom stereocenters. The Labute approximate surface area is 138 Å². The van der Waals surface area contributed by atoms with Gasteiger partial charge in [0.15, 0.2) is 5.78 Å². The van der Waals surface area contributed by atoms with Gasteiger partial charge in [-0.1, -0.05) is 44.2 Å². The van der Waals surface area contributed by atoms with Gasteiger partial charge in [0.1, 0.15) is 6.33 Å². The van der Waals surface area contributed by atoms with Gasteiger partial charge < -0.3 is 0 Å². The lowest BCUT2D eigenvalue weighted by atomic mass is 10.1. The molecule has 0 unspecified atom stereocenters. The molecule has 118 valence electrons. The maximum absolute atomic E-state index is 12.6. The van der Waals surface area contributed by atoms with Crippen LogP contribution < -0.4 is 5.01 Å². The average molecular weight is 328 g/mol. The number of benzene rings is 1. The Morgan fingerprint density at radius 2 is 1.87 bits per heavy atom. The van der Waals surface area contributed by atoms with Crippen LogP contribution >= 0.6 is 11.8 Å². The Hall–Kier alpha value is -2.41. The molecule has 0 aliphatic carbocycles. The molecule has 6 nitrogen and oxygen atoms in total. The third-order valence-corrected chi connectivity index (χ3v) is 4.57. The monoisotopic (exact) mass is 328 g/mol. The fraction of sp³-hybridized carbons (Fsp3) is 0.250. The summed E-state index contributed by atoms with van der Waals surface area (Å²) in [4.78, 5) is 25.6. The molecule has 0 saturated carbocycles. The Morgan fingerprint density at radius 3 is 2.52 bits per heavy atom. The Balaban J connectivity index is 2.25. The number of aromatic nitrogens is 3. The Morgan fingerprint density at radius 1 is 1.13 bits per heavy atom. The minimum atomic E-state index is -0.119. The molecule has 1 aliphatic rings. The molecule has 0 radical (unpaired) electrons. The summed E-state index contributed by atoms with van der Waals surface area (Å²) in [5.74, 6) is -0.136. The number of hydrogen-bond donors (Lipinski definition) is 0. The van der Waals surface area contributed by atoms with E-state index in [0.717, 1.165) is 5.56 Å². The number of hydrogen-bond acceptors (Lipinski definition) is 5. The molecule has 0 spiro atoms. The third-order valence-electron chi connectivity index (χ3n) is 3.50. The molecular formula is C16H16N4O2S. The Bertz CT molecular complexity index is 782. The maximum atomic E-state index is 12.6. The normalized spacial score (nSPS) is 13.9. The molecule has 0 fully saturated rings. The second-order valence-corrected chi connectivity index (χ2v) is 5.92. The molecule has 1 amide bonds. The van der Waals surface area contributed by atoms with Crippen LogP contribution in [0.25, 0.3) is 5.70 Å². The lowest BCUT2D eigenvalue weighted by Crippen LogP contribution is -2.41. The second kappa shape index (κ2) is 6.37. The van der Waals surface area contributed by atoms with Crippen LogP contribution in [0.1, 0.15) is 32.3 Å². The maximum Gasteiger partial charge on any atom is 0.246 e. The summed E-state index contributed by atoms with van der Waals surface area (Å²) < 4.78 is 1.60. The number of Topliss-reactive ketones (excluding diaryl/α,β-unsaturated/α-hetero) is 1. The smallest absolute Gasteiger partial charge is 0.246 e. The van der Waals surface area contributed by atoms with Gasteiger partial charge >= 0.3 is 0 Å². The van der Waals surface area contributed by atoms with Crippen LogP contribution in [0.4, 0.5) is 0 Å². The van der Waals surface area contributed by atoms with E-state index in [0.29, 0.717) is 28.6 Å². The van der Waals surface area contributed by atoms with Crippen molar-refractivity contribution in [1.82, 2.24) is 14.9 Å². The van der Waals surface area contributed by atoms with Crippen LogP contribution in [0.3, 0.4) is 0 Å². The van der Waals surface area contributed by atoms with E-state index >= 15 is 0 Å². The summed E-state index contributed by atoms with van der Waals surface area (Å²) >= 11 is 1.26. The highest BCUT2D eigenvalue weighted by atomic mass is 32.2. The van der Waals surface area contributed by atoms with Gasteiger partial charge in [-0.05, 0) is 11.8 Å². The van der Waals surface area contributed by atoms with Crippen molar-refractivity contribution in [3.8, 4) is 0 Å². The van der Waals surface area contributed by atoms with Crippen molar-refractivity contribution >= 4 is 29.1 Å². The van der Waals surface area contributed by atoms with Gasteiger partial charge in [0, 0.05) is 18.4 Å². The summed E-state index contributed by atoms with van der Waals surface area (Å²) in [5, 5.41) is 9.91. The van der Waals surface area contributed by atoms with Gasteiger partial charge in [-0.15, -0.1) is 10.2 Å². The van der Waals surface area contributed by atoms with E-state index < -0.39 is 0 Å². The van der Waals surface area contributed by atoms with Crippen molar-refractivity contribution in [3.63, 3.8) is 0 Å². The van der Waals surface area contributed by atoms with Gasteiger partial charge in [-0.25, -0.2) is 9.69 Å².